The van der Waals surface area contributed by atoms with Gasteiger partial charge in [-0.3, -0.25) is 4.79 Å². The molecule has 0 saturated heterocycles. The number of hydrogen-bond acceptors (Lipinski definition) is 2. The van der Waals surface area contributed by atoms with Gasteiger partial charge in [0, 0.05) is 17.6 Å². The Morgan fingerprint density at radius 1 is 1.29 bits per heavy atom. The van der Waals surface area contributed by atoms with Gasteiger partial charge in [0.15, 0.2) is 0 Å². The molecule has 3 nitrogen and oxygen atoms in total. The molecule has 0 spiro atoms. The highest BCUT2D eigenvalue weighted by molar-refractivity contribution is 9.10. The first-order chi connectivity index (χ1) is 9.93. The zero-order chi connectivity index (χ0) is 16.0. The number of nitrogens with two attached hydrogens (primary N) is 1. The van der Waals surface area contributed by atoms with Gasteiger partial charge in [0.25, 0.3) is 0 Å². The third kappa shape index (κ3) is 4.55. The normalized spacial score (nSPS) is 14.0. The minimum atomic E-state index is -0.110. The lowest BCUT2D eigenvalue weighted by atomic mass is 9.93. The molecule has 1 aromatic rings. The van der Waals surface area contributed by atoms with Crippen LogP contribution >= 0.6 is 15.9 Å². The maximum Gasteiger partial charge on any atom is 0.227 e. The fraction of sp³-hybridized carbons (Fsp3) is 0.588. The van der Waals surface area contributed by atoms with Crippen molar-refractivity contribution >= 4 is 21.8 Å². The summed E-state index contributed by atoms with van der Waals surface area (Å²) in [7, 11) is 0. The molecular weight excluding hydrogens is 328 g/mol. The number of carbonyl (C=O) groups is 1. The molecule has 2 unspecified atom stereocenters. The SMILES string of the molecule is CCCN(C(=O)C(CN)C(C)C)C(C)c1ccccc1Br. The van der Waals surface area contributed by atoms with Crippen molar-refractivity contribution in [3.8, 4) is 0 Å². The smallest absolute Gasteiger partial charge is 0.227 e. The predicted octanol–water partition coefficient (Wildman–Crippen LogP) is 3.98. The van der Waals surface area contributed by atoms with Crippen molar-refractivity contribution in [1.29, 1.82) is 0 Å². The molecule has 0 aliphatic rings. The average molecular weight is 355 g/mol. The molecule has 1 aromatic carbocycles. The van der Waals surface area contributed by atoms with E-state index in [9.17, 15) is 4.79 Å². The standard InChI is InChI=1S/C17H27BrN2O/c1-5-10-20(17(21)15(11-19)12(2)3)13(4)14-8-6-7-9-16(14)18/h6-9,12-13,15H,5,10-11,19H2,1-4H3. The first-order valence-corrected chi connectivity index (χ1v) is 8.48. The molecule has 0 aromatic heterocycles. The molecule has 21 heavy (non-hydrogen) atoms. The van der Waals surface area contributed by atoms with Crippen LogP contribution in [-0.2, 0) is 4.79 Å². The van der Waals surface area contributed by atoms with Crippen LogP contribution in [0.15, 0.2) is 28.7 Å². The molecular formula is C17H27BrN2O. The van der Waals surface area contributed by atoms with Crippen LogP contribution in [0.4, 0.5) is 0 Å². The van der Waals surface area contributed by atoms with E-state index < -0.39 is 0 Å². The molecule has 0 fully saturated rings. The van der Waals surface area contributed by atoms with Crippen molar-refractivity contribution in [1.82, 2.24) is 4.90 Å². The lowest BCUT2D eigenvalue weighted by Crippen LogP contribution is -2.43. The van der Waals surface area contributed by atoms with E-state index in [1.54, 1.807) is 0 Å². The summed E-state index contributed by atoms with van der Waals surface area (Å²) in [6.07, 6.45) is 0.940. The summed E-state index contributed by atoms with van der Waals surface area (Å²) >= 11 is 3.59. The Balaban J connectivity index is 3.06. The zero-order valence-electron chi connectivity index (χ0n) is 13.5. The van der Waals surface area contributed by atoms with E-state index in [0.29, 0.717) is 6.54 Å². The Bertz CT molecular complexity index is 462. The maximum atomic E-state index is 12.9. The second kappa shape index (κ2) is 8.54. The summed E-state index contributed by atoms with van der Waals surface area (Å²) in [4.78, 5) is 14.8. The van der Waals surface area contributed by atoms with Gasteiger partial charge < -0.3 is 10.6 Å². The molecule has 0 heterocycles. The Labute approximate surface area is 137 Å². The number of benzene rings is 1. The second-order valence-electron chi connectivity index (χ2n) is 5.82. The Kier molecular flexibility index (Phi) is 7.40. The van der Waals surface area contributed by atoms with Crippen molar-refractivity contribution < 1.29 is 4.79 Å². The summed E-state index contributed by atoms with van der Waals surface area (Å²) < 4.78 is 1.04. The molecule has 118 valence electrons. The fourth-order valence-electron chi connectivity index (χ4n) is 2.59. The summed E-state index contributed by atoms with van der Waals surface area (Å²) in [6, 6.07) is 8.12. The van der Waals surface area contributed by atoms with Crippen molar-refractivity contribution in [2.24, 2.45) is 17.6 Å². The van der Waals surface area contributed by atoms with Crippen LogP contribution in [0.3, 0.4) is 0 Å². The van der Waals surface area contributed by atoms with E-state index >= 15 is 0 Å². The lowest BCUT2D eigenvalue weighted by Gasteiger charge is -2.34. The lowest BCUT2D eigenvalue weighted by molar-refractivity contribution is -0.139. The highest BCUT2D eigenvalue weighted by Gasteiger charge is 2.29. The summed E-state index contributed by atoms with van der Waals surface area (Å²) in [5.74, 6) is 0.312. The van der Waals surface area contributed by atoms with E-state index in [-0.39, 0.29) is 23.8 Å². The number of hydrogen-bond donors (Lipinski definition) is 1. The molecule has 1 amide bonds. The molecule has 1 rings (SSSR count). The van der Waals surface area contributed by atoms with Crippen LogP contribution in [0.5, 0.6) is 0 Å². The Morgan fingerprint density at radius 3 is 2.38 bits per heavy atom. The third-order valence-electron chi connectivity index (χ3n) is 3.95. The maximum absolute atomic E-state index is 12.9. The molecule has 0 aliphatic heterocycles. The van der Waals surface area contributed by atoms with Gasteiger partial charge >= 0.3 is 0 Å². The monoisotopic (exact) mass is 354 g/mol. The van der Waals surface area contributed by atoms with Crippen molar-refractivity contribution in [3.05, 3.63) is 34.3 Å². The van der Waals surface area contributed by atoms with E-state index in [4.69, 9.17) is 5.73 Å². The highest BCUT2D eigenvalue weighted by atomic mass is 79.9. The predicted molar refractivity (Wildman–Crippen MR) is 91.9 cm³/mol. The molecule has 0 aliphatic carbocycles. The molecule has 4 heteroatoms. The van der Waals surface area contributed by atoms with Crippen LogP contribution in [0.1, 0.15) is 45.7 Å². The zero-order valence-corrected chi connectivity index (χ0v) is 15.1. The van der Waals surface area contributed by atoms with Crippen LogP contribution in [-0.4, -0.2) is 23.9 Å². The van der Waals surface area contributed by atoms with Gasteiger partial charge in [0.1, 0.15) is 0 Å². The topological polar surface area (TPSA) is 46.3 Å². The quantitative estimate of drug-likeness (QED) is 0.804. The highest BCUT2D eigenvalue weighted by Crippen LogP contribution is 2.29. The van der Waals surface area contributed by atoms with Gasteiger partial charge in [-0.2, -0.15) is 0 Å². The van der Waals surface area contributed by atoms with Gasteiger partial charge in [-0.05, 0) is 30.9 Å². The van der Waals surface area contributed by atoms with E-state index in [2.05, 4.69) is 49.7 Å². The molecule has 0 saturated carbocycles. The summed E-state index contributed by atoms with van der Waals surface area (Å²) in [5.41, 5.74) is 6.96. The van der Waals surface area contributed by atoms with Crippen LogP contribution in [0.2, 0.25) is 0 Å². The number of carbonyl (C=O) groups excluding carboxylic acids is 1. The molecule has 2 N–H and O–H groups in total. The number of halogens is 1. The van der Waals surface area contributed by atoms with Gasteiger partial charge in [-0.15, -0.1) is 0 Å². The minimum Gasteiger partial charge on any atom is -0.336 e. The number of amides is 1. The van der Waals surface area contributed by atoms with Gasteiger partial charge in [0.2, 0.25) is 5.91 Å². The minimum absolute atomic E-state index is 0.0424. The fourth-order valence-corrected chi connectivity index (χ4v) is 3.20. The molecule has 2 atom stereocenters. The first kappa shape index (κ1) is 18.2. The Morgan fingerprint density at radius 2 is 1.90 bits per heavy atom. The largest absolute Gasteiger partial charge is 0.336 e. The van der Waals surface area contributed by atoms with Gasteiger partial charge in [0.05, 0.1) is 12.0 Å². The van der Waals surface area contributed by atoms with Crippen molar-refractivity contribution in [2.75, 3.05) is 13.1 Å². The molecule has 0 bridgehead atoms. The average Bonchev–Trinajstić information content (AvgIpc) is 2.44. The third-order valence-corrected chi connectivity index (χ3v) is 4.67. The second-order valence-corrected chi connectivity index (χ2v) is 6.67. The molecule has 0 radical (unpaired) electrons. The van der Waals surface area contributed by atoms with E-state index in [1.807, 2.05) is 23.1 Å². The van der Waals surface area contributed by atoms with Crippen molar-refractivity contribution in [3.63, 3.8) is 0 Å². The van der Waals surface area contributed by atoms with E-state index in [1.165, 1.54) is 0 Å². The van der Waals surface area contributed by atoms with Crippen molar-refractivity contribution in [2.45, 2.75) is 40.2 Å². The van der Waals surface area contributed by atoms with Gasteiger partial charge in [-0.1, -0.05) is 54.9 Å². The van der Waals surface area contributed by atoms with Gasteiger partial charge in [-0.25, -0.2) is 0 Å². The van der Waals surface area contributed by atoms with Crippen LogP contribution < -0.4 is 5.73 Å². The van der Waals surface area contributed by atoms with E-state index in [0.717, 1.165) is 23.0 Å². The first-order valence-electron chi connectivity index (χ1n) is 7.68. The Hall–Kier alpha value is -0.870. The number of rotatable bonds is 7. The number of nitrogens with zero attached hydrogens (tertiary/aromatic N) is 1. The van der Waals surface area contributed by atoms with Crippen LogP contribution in [0.25, 0.3) is 0 Å². The summed E-state index contributed by atoms with van der Waals surface area (Å²) in [5, 5.41) is 0. The summed E-state index contributed by atoms with van der Waals surface area (Å²) in [6.45, 7) is 9.46. The van der Waals surface area contributed by atoms with Crippen LogP contribution in [0, 0.1) is 11.8 Å².